The van der Waals surface area contributed by atoms with Crippen LogP contribution < -0.4 is 25.6 Å². The highest BCUT2D eigenvalue weighted by molar-refractivity contribution is 7.64. The van der Waals surface area contributed by atoms with E-state index >= 15 is 0 Å². The lowest BCUT2D eigenvalue weighted by Gasteiger charge is -2.45. The first-order chi connectivity index (χ1) is 19.3. The topological polar surface area (TPSA) is 65.6 Å². The zero-order valence-corrected chi connectivity index (χ0v) is 26.3. The Bertz CT molecular complexity index is 1370. The molecule has 7 nitrogen and oxygen atoms in total. The van der Waals surface area contributed by atoms with E-state index in [1.165, 1.54) is 53.5 Å². The molecule has 1 aromatic heterocycles. The summed E-state index contributed by atoms with van der Waals surface area (Å²) in [6.45, 7) is 15.6. The van der Waals surface area contributed by atoms with Gasteiger partial charge in [-0.1, -0.05) is 38.9 Å². The number of rotatable bonds is 8. The number of ether oxygens (including phenoxy) is 1. The van der Waals surface area contributed by atoms with E-state index in [4.69, 9.17) is 21.3 Å². The molecule has 2 aliphatic rings. The molecule has 2 saturated heterocycles. The molecule has 1 unspecified atom stereocenters. The van der Waals surface area contributed by atoms with Crippen molar-refractivity contribution in [2.45, 2.75) is 52.5 Å². The Morgan fingerprint density at radius 3 is 2.65 bits per heavy atom. The average Bonchev–Trinajstić information content (AvgIpc) is 2.96. The van der Waals surface area contributed by atoms with Crippen LogP contribution in [0.15, 0.2) is 30.5 Å². The molecule has 2 aromatic carbocycles. The van der Waals surface area contributed by atoms with Crippen molar-refractivity contribution in [3.05, 3.63) is 52.2 Å². The Labute approximate surface area is 245 Å². The Morgan fingerprint density at radius 2 is 1.90 bits per heavy atom. The van der Waals surface area contributed by atoms with E-state index in [0.29, 0.717) is 22.8 Å². The van der Waals surface area contributed by atoms with Crippen molar-refractivity contribution in [2.75, 3.05) is 62.2 Å². The molecule has 40 heavy (non-hydrogen) atoms. The van der Waals surface area contributed by atoms with Crippen LogP contribution in [0.3, 0.4) is 0 Å². The maximum atomic E-state index is 6.57. The van der Waals surface area contributed by atoms with Crippen LogP contribution in [0.1, 0.15) is 42.9 Å². The van der Waals surface area contributed by atoms with Crippen LogP contribution in [0.25, 0.3) is 0 Å². The molecule has 0 saturated carbocycles. The van der Waals surface area contributed by atoms with Crippen molar-refractivity contribution in [1.82, 2.24) is 14.9 Å². The van der Waals surface area contributed by atoms with Crippen molar-refractivity contribution >= 4 is 53.7 Å². The van der Waals surface area contributed by atoms with E-state index in [2.05, 4.69) is 83.8 Å². The van der Waals surface area contributed by atoms with Crippen LogP contribution in [0, 0.1) is 13.8 Å². The predicted octanol–water partition coefficient (Wildman–Crippen LogP) is 6.85. The quantitative estimate of drug-likeness (QED) is 0.283. The van der Waals surface area contributed by atoms with Crippen LogP contribution in [-0.4, -0.2) is 67.5 Å². The minimum Gasteiger partial charge on any atom is -0.494 e. The summed E-state index contributed by atoms with van der Waals surface area (Å²) in [4.78, 5) is 14.5. The van der Waals surface area contributed by atoms with Gasteiger partial charge in [-0.05, 0) is 81.8 Å². The molecule has 1 atom stereocenters. The molecule has 0 aliphatic carbocycles. The highest BCUT2D eigenvalue weighted by atomic mass is 35.5. The van der Waals surface area contributed by atoms with Gasteiger partial charge in [0.15, 0.2) is 5.82 Å². The molecule has 3 heterocycles. The summed E-state index contributed by atoms with van der Waals surface area (Å²) < 4.78 is 5.88. The van der Waals surface area contributed by atoms with Gasteiger partial charge in [0.1, 0.15) is 10.8 Å². The van der Waals surface area contributed by atoms with Gasteiger partial charge < -0.3 is 20.3 Å². The number of nitrogens with one attached hydrogen (secondary N) is 2. The van der Waals surface area contributed by atoms with E-state index in [1.54, 1.807) is 13.3 Å². The average molecular weight is 581 g/mol. The van der Waals surface area contributed by atoms with Gasteiger partial charge in [0.2, 0.25) is 5.95 Å². The van der Waals surface area contributed by atoms with Crippen molar-refractivity contribution < 1.29 is 4.74 Å². The van der Waals surface area contributed by atoms with Gasteiger partial charge in [0.25, 0.3) is 0 Å². The molecule has 5 rings (SSSR count). The van der Waals surface area contributed by atoms with Crippen molar-refractivity contribution in [3.8, 4) is 5.75 Å². The molecule has 0 bridgehead atoms. The van der Waals surface area contributed by atoms with Gasteiger partial charge in [0.05, 0.1) is 19.0 Å². The smallest absolute Gasteiger partial charge is 0.229 e. The summed E-state index contributed by atoms with van der Waals surface area (Å²) in [5.74, 6) is 1.83. The number of aromatic nitrogens is 2. The number of piperidine rings is 1. The molecule has 0 spiro atoms. The SMILES string of the molecule is CCc1cc(Nc2ncc(Cl)c(Nc3ccc(C)c(C)c3P(C)C)n2)c(OC)cc1N1CCN2CCCCC2C1. The first-order valence-electron chi connectivity index (χ1n) is 14.3. The third-order valence-electron chi connectivity index (χ3n) is 8.35. The number of fused-ring (bicyclic) bond motifs is 1. The van der Waals surface area contributed by atoms with Crippen LogP contribution in [-0.2, 0) is 6.42 Å². The molecular formula is C31H42ClN6OP. The maximum Gasteiger partial charge on any atom is 0.229 e. The summed E-state index contributed by atoms with van der Waals surface area (Å²) in [5, 5.41) is 8.72. The number of aryl methyl sites for hydroxylation is 2. The van der Waals surface area contributed by atoms with Crippen LogP contribution in [0.4, 0.5) is 28.8 Å². The Hall–Kier alpha value is -2.60. The molecule has 0 amide bonds. The lowest BCUT2D eigenvalue weighted by Crippen LogP contribution is -2.55. The van der Waals surface area contributed by atoms with Crippen LogP contribution >= 0.6 is 19.5 Å². The Morgan fingerprint density at radius 1 is 1.07 bits per heavy atom. The number of benzene rings is 2. The first kappa shape index (κ1) is 28.9. The maximum absolute atomic E-state index is 6.57. The van der Waals surface area contributed by atoms with Crippen molar-refractivity contribution in [2.24, 2.45) is 0 Å². The second-order valence-electron chi connectivity index (χ2n) is 11.1. The fourth-order valence-electron chi connectivity index (χ4n) is 6.07. The standard InChI is InChI=1S/C31H42ClN6OP/c1-7-22-16-26(28(39-4)17-27(22)38-15-14-37-13-9-8-10-23(37)19-38)35-31-33-18-24(32)30(36-31)34-25-12-11-20(2)21(3)29(25)40(5)6/h11-12,16-18,23H,7-10,13-15,19H2,1-6H3,(H2,33,34,35,36). The Balaban J connectivity index is 1.41. The third kappa shape index (κ3) is 6.02. The number of halogens is 1. The predicted molar refractivity (Wildman–Crippen MR) is 172 cm³/mol. The normalized spacial score (nSPS) is 17.6. The molecule has 0 radical (unpaired) electrons. The van der Waals surface area contributed by atoms with Crippen LogP contribution in [0.5, 0.6) is 5.75 Å². The Kier molecular flexibility index (Phi) is 9.04. The molecule has 2 aliphatic heterocycles. The van der Waals surface area contributed by atoms with Gasteiger partial charge in [-0.25, -0.2) is 4.98 Å². The summed E-state index contributed by atoms with van der Waals surface area (Å²) in [5.41, 5.74) is 7.05. The summed E-state index contributed by atoms with van der Waals surface area (Å²) in [6, 6.07) is 9.28. The van der Waals surface area contributed by atoms with Gasteiger partial charge in [-0.3, -0.25) is 4.90 Å². The highest BCUT2D eigenvalue weighted by Crippen LogP contribution is 2.38. The number of nitrogens with zero attached hydrogens (tertiary/aromatic N) is 4. The number of anilines is 5. The first-order valence-corrected chi connectivity index (χ1v) is 16.9. The number of hydrogen-bond donors (Lipinski definition) is 2. The lowest BCUT2D eigenvalue weighted by atomic mass is 9.98. The second kappa shape index (κ2) is 12.5. The van der Waals surface area contributed by atoms with E-state index < -0.39 is 0 Å². The van der Waals surface area contributed by atoms with Gasteiger partial charge in [-0.15, -0.1) is 0 Å². The molecule has 3 aromatic rings. The van der Waals surface area contributed by atoms with Gasteiger partial charge >= 0.3 is 0 Å². The fraction of sp³-hybridized carbons (Fsp3) is 0.484. The van der Waals surface area contributed by atoms with Crippen molar-refractivity contribution in [3.63, 3.8) is 0 Å². The molecule has 9 heteroatoms. The zero-order valence-electron chi connectivity index (χ0n) is 24.6. The highest BCUT2D eigenvalue weighted by Gasteiger charge is 2.30. The van der Waals surface area contributed by atoms with E-state index in [0.717, 1.165) is 43.2 Å². The monoisotopic (exact) mass is 580 g/mol. The van der Waals surface area contributed by atoms with E-state index in [1.807, 2.05) is 0 Å². The van der Waals surface area contributed by atoms with Crippen molar-refractivity contribution in [1.29, 1.82) is 0 Å². The fourth-order valence-corrected chi connectivity index (χ4v) is 7.67. The van der Waals surface area contributed by atoms with Crippen LogP contribution in [0.2, 0.25) is 5.02 Å². The number of piperazine rings is 1. The molecule has 2 fully saturated rings. The summed E-state index contributed by atoms with van der Waals surface area (Å²) >= 11 is 6.57. The van der Waals surface area contributed by atoms with Gasteiger partial charge in [0, 0.05) is 48.4 Å². The molecular weight excluding hydrogens is 539 g/mol. The van der Waals surface area contributed by atoms with Gasteiger partial charge in [-0.2, -0.15) is 4.98 Å². The van der Waals surface area contributed by atoms with E-state index in [9.17, 15) is 0 Å². The van der Waals surface area contributed by atoms with E-state index in [-0.39, 0.29) is 7.92 Å². The number of methoxy groups -OCH3 is 1. The number of hydrogen-bond acceptors (Lipinski definition) is 7. The minimum absolute atomic E-state index is 0.320. The lowest BCUT2D eigenvalue weighted by molar-refractivity contribution is 0.133. The summed E-state index contributed by atoms with van der Waals surface area (Å²) in [7, 11) is 1.40. The molecule has 2 N–H and O–H groups in total. The largest absolute Gasteiger partial charge is 0.494 e. The second-order valence-corrected chi connectivity index (χ2v) is 13.7. The third-order valence-corrected chi connectivity index (χ3v) is 10.1. The minimum atomic E-state index is -0.320. The summed E-state index contributed by atoms with van der Waals surface area (Å²) in [6.07, 6.45) is 6.54. The molecule has 214 valence electrons. The zero-order chi connectivity index (χ0) is 28.4.